The quantitative estimate of drug-likeness (QED) is 0.581. The first-order valence-corrected chi connectivity index (χ1v) is 7.50. The van der Waals surface area contributed by atoms with E-state index in [4.69, 9.17) is 11.6 Å². The molecule has 128 valence electrons. The van der Waals surface area contributed by atoms with E-state index in [-0.39, 0.29) is 12.1 Å². The molecule has 0 atom stereocenters. The lowest BCUT2D eigenvalue weighted by molar-refractivity contribution is -0.255. The number of carboxylic acids is 1. The molecule has 0 aliphatic rings. The zero-order valence-corrected chi connectivity index (χ0v) is 13.6. The highest BCUT2D eigenvalue weighted by molar-refractivity contribution is 6.30. The number of halogens is 1. The van der Waals surface area contributed by atoms with E-state index in [0.29, 0.717) is 16.1 Å². The molecule has 0 heterocycles. The molecule has 0 aromatic heterocycles. The molecule has 2 N–H and O–H groups in total. The minimum atomic E-state index is -1.27. The van der Waals surface area contributed by atoms with Gasteiger partial charge in [-0.15, -0.1) is 0 Å². The van der Waals surface area contributed by atoms with Crippen molar-refractivity contribution in [1.82, 2.24) is 10.7 Å². The minimum absolute atomic E-state index is 0.0473. The van der Waals surface area contributed by atoms with Crippen molar-refractivity contribution in [2.75, 3.05) is 6.54 Å². The van der Waals surface area contributed by atoms with Gasteiger partial charge in [0.1, 0.15) is 0 Å². The Bertz CT molecular complexity index is 802. The van der Waals surface area contributed by atoms with E-state index in [9.17, 15) is 19.5 Å². The first-order chi connectivity index (χ1) is 12.0. The molecular weight excluding hydrogens is 346 g/mol. The molecule has 7 nitrogen and oxygen atoms in total. The number of hydrogen-bond donors (Lipinski definition) is 2. The number of carbonyl (C=O) groups is 3. The number of amides is 2. The Balaban J connectivity index is 1.79. The molecular formula is C17H13ClN3O4-. The van der Waals surface area contributed by atoms with Crippen LogP contribution in [0.4, 0.5) is 0 Å². The summed E-state index contributed by atoms with van der Waals surface area (Å²) in [5.41, 5.74) is 3.27. The third kappa shape index (κ3) is 5.74. The van der Waals surface area contributed by atoms with Crippen LogP contribution in [0, 0.1) is 0 Å². The largest absolute Gasteiger partial charge is 0.545 e. The average Bonchev–Trinajstić information content (AvgIpc) is 2.60. The Kier molecular flexibility index (Phi) is 6.25. The first-order valence-electron chi connectivity index (χ1n) is 7.13. The number of rotatable bonds is 6. The fraction of sp³-hybridized carbons (Fsp3) is 0.0588. The van der Waals surface area contributed by atoms with Crippen molar-refractivity contribution in [3.63, 3.8) is 0 Å². The fourth-order valence-electron chi connectivity index (χ4n) is 1.79. The van der Waals surface area contributed by atoms with Gasteiger partial charge in [-0.3, -0.25) is 9.59 Å². The Hall–Kier alpha value is -3.19. The van der Waals surface area contributed by atoms with Crippen molar-refractivity contribution in [3.8, 4) is 0 Å². The summed E-state index contributed by atoms with van der Waals surface area (Å²) in [5, 5.41) is 17.3. The summed E-state index contributed by atoms with van der Waals surface area (Å²) in [5.74, 6) is -2.19. The molecule has 2 aromatic carbocycles. The van der Waals surface area contributed by atoms with Crippen molar-refractivity contribution < 1.29 is 19.5 Å². The number of carbonyl (C=O) groups excluding carboxylic acids is 3. The second-order valence-electron chi connectivity index (χ2n) is 4.89. The molecule has 0 radical (unpaired) electrons. The molecule has 0 aliphatic carbocycles. The maximum atomic E-state index is 11.8. The maximum absolute atomic E-state index is 11.8. The van der Waals surface area contributed by atoms with Crippen LogP contribution in [0.1, 0.15) is 26.3 Å². The van der Waals surface area contributed by atoms with Gasteiger partial charge in [0.2, 0.25) is 0 Å². The summed E-state index contributed by atoms with van der Waals surface area (Å²) in [6.07, 6.45) is 1.35. The predicted molar refractivity (Wildman–Crippen MR) is 90.3 cm³/mol. The van der Waals surface area contributed by atoms with E-state index in [1.54, 1.807) is 24.3 Å². The third-order valence-electron chi connectivity index (χ3n) is 3.07. The molecule has 0 unspecified atom stereocenters. The van der Waals surface area contributed by atoms with Crippen LogP contribution < -0.4 is 15.8 Å². The monoisotopic (exact) mass is 358 g/mol. The number of hydrazone groups is 1. The highest BCUT2D eigenvalue weighted by Gasteiger charge is 2.07. The van der Waals surface area contributed by atoms with Crippen LogP contribution in [-0.2, 0) is 4.79 Å². The molecule has 0 spiro atoms. The van der Waals surface area contributed by atoms with Crippen molar-refractivity contribution in [1.29, 1.82) is 0 Å². The number of nitrogens with zero attached hydrogens (tertiary/aromatic N) is 1. The van der Waals surface area contributed by atoms with Crippen molar-refractivity contribution in [2.45, 2.75) is 0 Å². The lowest BCUT2D eigenvalue weighted by Gasteiger charge is -2.04. The molecule has 0 aliphatic heterocycles. The van der Waals surface area contributed by atoms with Gasteiger partial charge < -0.3 is 15.2 Å². The van der Waals surface area contributed by atoms with Gasteiger partial charge >= 0.3 is 0 Å². The Morgan fingerprint density at radius 3 is 2.20 bits per heavy atom. The number of benzene rings is 2. The second-order valence-corrected chi connectivity index (χ2v) is 5.33. The van der Waals surface area contributed by atoms with E-state index in [0.717, 1.165) is 0 Å². The zero-order valence-electron chi connectivity index (χ0n) is 12.9. The zero-order chi connectivity index (χ0) is 18.2. The minimum Gasteiger partial charge on any atom is -0.545 e. The van der Waals surface area contributed by atoms with Crippen LogP contribution >= 0.6 is 11.6 Å². The van der Waals surface area contributed by atoms with Crippen LogP contribution in [0.2, 0.25) is 5.02 Å². The van der Waals surface area contributed by atoms with Crippen LogP contribution in [0.5, 0.6) is 0 Å². The molecule has 8 heteroatoms. The van der Waals surface area contributed by atoms with E-state index >= 15 is 0 Å². The van der Waals surface area contributed by atoms with Crippen molar-refractivity contribution in [3.05, 3.63) is 70.2 Å². The highest BCUT2D eigenvalue weighted by atomic mass is 35.5. The average molecular weight is 359 g/mol. The third-order valence-corrected chi connectivity index (χ3v) is 3.32. The molecule has 2 amide bonds. The first kappa shape index (κ1) is 18.2. The molecule has 0 saturated carbocycles. The van der Waals surface area contributed by atoms with Gasteiger partial charge in [-0.1, -0.05) is 35.9 Å². The summed E-state index contributed by atoms with van der Waals surface area (Å²) in [7, 11) is 0. The summed E-state index contributed by atoms with van der Waals surface area (Å²) in [4.78, 5) is 34.1. The van der Waals surface area contributed by atoms with Gasteiger partial charge in [-0.2, -0.15) is 5.10 Å². The number of aromatic carboxylic acids is 1. The van der Waals surface area contributed by atoms with Crippen molar-refractivity contribution >= 4 is 35.6 Å². The Morgan fingerprint density at radius 1 is 1.00 bits per heavy atom. The van der Waals surface area contributed by atoms with Crippen molar-refractivity contribution in [2.24, 2.45) is 5.10 Å². The molecule has 0 saturated heterocycles. The summed E-state index contributed by atoms with van der Waals surface area (Å²) in [6.45, 7) is -0.248. The Morgan fingerprint density at radius 2 is 1.60 bits per heavy atom. The number of hydrogen-bond acceptors (Lipinski definition) is 5. The van der Waals surface area contributed by atoms with E-state index in [1.807, 2.05) is 0 Å². The van der Waals surface area contributed by atoms with Gasteiger partial charge in [0.25, 0.3) is 11.8 Å². The van der Waals surface area contributed by atoms with Gasteiger partial charge in [0, 0.05) is 10.6 Å². The Labute approximate surface area is 148 Å². The number of carboxylic acid groups (broad SMARTS) is 1. The van der Waals surface area contributed by atoms with Gasteiger partial charge in [-0.05, 0) is 35.4 Å². The predicted octanol–water partition coefficient (Wildman–Crippen LogP) is 0.584. The SMILES string of the molecule is O=C(CNC(=O)c1ccc(Cl)cc1)N/N=C\c1ccc(C(=O)[O-])cc1. The molecule has 2 aromatic rings. The van der Waals surface area contributed by atoms with E-state index in [2.05, 4.69) is 15.8 Å². The maximum Gasteiger partial charge on any atom is 0.259 e. The lowest BCUT2D eigenvalue weighted by Crippen LogP contribution is -2.34. The normalized spacial score (nSPS) is 10.4. The number of nitrogens with one attached hydrogen (secondary N) is 2. The van der Waals surface area contributed by atoms with Crippen LogP contribution in [0.15, 0.2) is 53.6 Å². The van der Waals surface area contributed by atoms with Gasteiger partial charge in [-0.25, -0.2) is 5.43 Å². The highest BCUT2D eigenvalue weighted by Crippen LogP contribution is 2.09. The van der Waals surface area contributed by atoms with Gasteiger partial charge in [0.15, 0.2) is 0 Å². The van der Waals surface area contributed by atoms with Crippen LogP contribution in [0.25, 0.3) is 0 Å². The summed E-state index contributed by atoms with van der Waals surface area (Å²) in [6, 6.07) is 12.0. The van der Waals surface area contributed by atoms with Crippen LogP contribution in [0.3, 0.4) is 0 Å². The van der Waals surface area contributed by atoms with Gasteiger partial charge in [0.05, 0.1) is 18.7 Å². The smallest absolute Gasteiger partial charge is 0.259 e. The molecule has 2 rings (SSSR count). The molecule has 0 bridgehead atoms. The van der Waals surface area contributed by atoms with E-state index in [1.165, 1.54) is 30.5 Å². The topological polar surface area (TPSA) is 111 Å². The standard InChI is InChI=1S/C17H14ClN3O4/c18-14-7-5-12(6-8-14)16(23)19-10-15(22)21-20-9-11-1-3-13(4-2-11)17(24)25/h1-9H,10H2,(H,19,23)(H,21,22)(H,24,25)/p-1/b20-9-. The molecule has 0 fully saturated rings. The summed E-state index contributed by atoms with van der Waals surface area (Å²) >= 11 is 5.73. The molecule has 25 heavy (non-hydrogen) atoms. The van der Waals surface area contributed by atoms with E-state index < -0.39 is 17.8 Å². The lowest BCUT2D eigenvalue weighted by atomic mass is 10.1. The second kappa shape index (κ2) is 8.60. The summed E-state index contributed by atoms with van der Waals surface area (Å²) < 4.78 is 0. The fourth-order valence-corrected chi connectivity index (χ4v) is 1.91. The van der Waals surface area contributed by atoms with Crippen LogP contribution in [-0.4, -0.2) is 30.5 Å².